The molecule has 1 atom stereocenters. The zero-order valence-electron chi connectivity index (χ0n) is 19.3. The van der Waals surface area contributed by atoms with Gasteiger partial charge in [0.15, 0.2) is 5.11 Å². The van der Waals surface area contributed by atoms with Crippen molar-refractivity contribution < 1.29 is 14.0 Å². The number of hydrogen-bond donors (Lipinski definition) is 1. The smallest absolute Gasteiger partial charge is 0.258 e. The zero-order valence-corrected chi connectivity index (χ0v) is 20.1. The first-order valence-electron chi connectivity index (χ1n) is 11.0. The van der Waals surface area contributed by atoms with Gasteiger partial charge in [0.1, 0.15) is 11.5 Å². The summed E-state index contributed by atoms with van der Waals surface area (Å²) < 4.78 is 16.5. The van der Waals surface area contributed by atoms with E-state index in [1.165, 1.54) is 0 Å². The molecule has 0 saturated carbocycles. The lowest BCUT2D eigenvalue weighted by molar-refractivity contribution is 0.395. The number of aromatic nitrogens is 2. The van der Waals surface area contributed by atoms with Gasteiger partial charge in [0.25, 0.3) is 5.89 Å². The van der Waals surface area contributed by atoms with E-state index < -0.39 is 0 Å². The van der Waals surface area contributed by atoms with Crippen molar-refractivity contribution in [3.63, 3.8) is 0 Å². The summed E-state index contributed by atoms with van der Waals surface area (Å²) in [4.78, 5) is 6.86. The Labute approximate surface area is 199 Å². The lowest BCUT2D eigenvalue weighted by Gasteiger charge is -2.37. The molecule has 1 aliphatic rings. The molecule has 0 spiro atoms. The predicted octanol–water partition coefficient (Wildman–Crippen LogP) is 5.22. The van der Waals surface area contributed by atoms with E-state index in [0.29, 0.717) is 16.8 Å². The number of benzene rings is 2. The van der Waals surface area contributed by atoms with Crippen LogP contribution in [0.15, 0.2) is 58.8 Å². The van der Waals surface area contributed by atoms with Crippen LogP contribution in [0.1, 0.15) is 44.2 Å². The van der Waals surface area contributed by atoms with Gasteiger partial charge >= 0.3 is 0 Å². The SMILES string of the molecule is CCCCN1C(=S)NC(c2cccc(OC)c2)C(c2nc(-c3ccc(OC)cc3)no2)=C1C. The van der Waals surface area contributed by atoms with Crippen LogP contribution in [-0.2, 0) is 0 Å². The van der Waals surface area contributed by atoms with E-state index in [4.69, 9.17) is 31.2 Å². The lowest BCUT2D eigenvalue weighted by atomic mass is 9.94. The summed E-state index contributed by atoms with van der Waals surface area (Å²) >= 11 is 5.74. The summed E-state index contributed by atoms with van der Waals surface area (Å²) in [6, 6.07) is 15.3. The predicted molar refractivity (Wildman–Crippen MR) is 132 cm³/mol. The molecule has 0 radical (unpaired) electrons. The van der Waals surface area contributed by atoms with E-state index in [-0.39, 0.29) is 6.04 Å². The molecular weight excluding hydrogens is 436 g/mol. The van der Waals surface area contributed by atoms with Crippen molar-refractivity contribution in [2.45, 2.75) is 32.7 Å². The fourth-order valence-corrected chi connectivity index (χ4v) is 4.25. The molecule has 2 heterocycles. The Kier molecular flexibility index (Phi) is 6.93. The number of allylic oxidation sites excluding steroid dienone is 1. The Morgan fingerprint density at radius 2 is 1.85 bits per heavy atom. The molecule has 0 saturated heterocycles. The Hall–Kier alpha value is -3.39. The minimum Gasteiger partial charge on any atom is -0.497 e. The number of nitrogens with one attached hydrogen (secondary N) is 1. The molecule has 172 valence electrons. The highest BCUT2D eigenvalue weighted by atomic mass is 32.1. The number of nitrogens with zero attached hydrogens (tertiary/aromatic N) is 3. The van der Waals surface area contributed by atoms with Crippen LogP contribution in [0.3, 0.4) is 0 Å². The molecule has 0 amide bonds. The Balaban J connectivity index is 1.78. The van der Waals surface area contributed by atoms with E-state index in [9.17, 15) is 0 Å². The monoisotopic (exact) mass is 464 g/mol. The van der Waals surface area contributed by atoms with Gasteiger partial charge in [-0.3, -0.25) is 0 Å². The third-order valence-electron chi connectivity index (χ3n) is 5.76. The minimum absolute atomic E-state index is 0.241. The number of rotatable bonds is 8. The molecule has 1 unspecified atom stereocenters. The molecule has 8 heteroatoms. The number of unbranched alkanes of at least 4 members (excludes halogenated alkanes) is 1. The van der Waals surface area contributed by atoms with Crippen molar-refractivity contribution in [2.24, 2.45) is 0 Å². The van der Waals surface area contributed by atoms with Crippen LogP contribution in [-0.4, -0.2) is 40.9 Å². The Morgan fingerprint density at radius 3 is 2.55 bits per heavy atom. The second kappa shape index (κ2) is 10.0. The van der Waals surface area contributed by atoms with E-state index in [0.717, 1.165) is 53.3 Å². The number of thiocarbonyl (C=S) groups is 1. The normalized spacial score (nSPS) is 16.1. The molecular formula is C25H28N4O3S. The number of ether oxygens (including phenoxy) is 2. The first-order chi connectivity index (χ1) is 16.0. The second-order valence-electron chi connectivity index (χ2n) is 7.82. The van der Waals surface area contributed by atoms with Crippen molar-refractivity contribution in [3.8, 4) is 22.9 Å². The highest BCUT2D eigenvalue weighted by Gasteiger charge is 2.34. The van der Waals surface area contributed by atoms with Crippen molar-refractivity contribution >= 4 is 22.9 Å². The highest BCUT2D eigenvalue weighted by molar-refractivity contribution is 7.80. The van der Waals surface area contributed by atoms with Crippen molar-refractivity contribution in [2.75, 3.05) is 20.8 Å². The van der Waals surface area contributed by atoms with Crippen LogP contribution in [0.5, 0.6) is 11.5 Å². The fourth-order valence-electron chi connectivity index (χ4n) is 3.91. The average Bonchev–Trinajstić information content (AvgIpc) is 3.33. The van der Waals surface area contributed by atoms with E-state index in [2.05, 4.69) is 29.2 Å². The standard InChI is InChI=1S/C25H28N4O3S/c1-5-6-14-29-16(2)21(22(26-25(29)33)18-8-7-9-20(15-18)31-4)24-27-23(28-32-24)17-10-12-19(30-3)13-11-17/h7-13,15,22H,5-6,14H2,1-4H3,(H,26,33). The largest absolute Gasteiger partial charge is 0.497 e. The van der Waals surface area contributed by atoms with Crippen molar-refractivity contribution in [3.05, 3.63) is 65.7 Å². The van der Waals surface area contributed by atoms with Crippen LogP contribution in [0.4, 0.5) is 0 Å². The fraction of sp³-hybridized carbons (Fsp3) is 0.320. The van der Waals surface area contributed by atoms with Gasteiger partial charge in [-0.05, 0) is 67.5 Å². The third-order valence-corrected chi connectivity index (χ3v) is 6.10. The molecule has 33 heavy (non-hydrogen) atoms. The summed E-state index contributed by atoms with van der Waals surface area (Å²) in [6.07, 6.45) is 2.10. The molecule has 2 aromatic carbocycles. The summed E-state index contributed by atoms with van der Waals surface area (Å²) in [5, 5.41) is 8.43. The first-order valence-corrected chi connectivity index (χ1v) is 11.4. The topological polar surface area (TPSA) is 72.7 Å². The molecule has 4 rings (SSSR count). The summed E-state index contributed by atoms with van der Waals surface area (Å²) in [5.41, 5.74) is 3.76. The number of methoxy groups -OCH3 is 2. The molecule has 0 aliphatic carbocycles. The van der Waals surface area contributed by atoms with Gasteiger partial charge in [0, 0.05) is 17.8 Å². The third kappa shape index (κ3) is 4.71. The van der Waals surface area contributed by atoms with E-state index in [1.807, 2.05) is 48.5 Å². The molecule has 1 aliphatic heterocycles. The first kappa shape index (κ1) is 22.8. The molecule has 1 N–H and O–H groups in total. The van der Waals surface area contributed by atoms with Crippen molar-refractivity contribution in [1.82, 2.24) is 20.4 Å². The quantitative estimate of drug-likeness (QED) is 0.455. The van der Waals surface area contributed by atoms with Gasteiger partial charge < -0.3 is 24.2 Å². The van der Waals surface area contributed by atoms with Gasteiger partial charge in [-0.25, -0.2) is 0 Å². The van der Waals surface area contributed by atoms with E-state index >= 15 is 0 Å². The van der Waals surface area contributed by atoms with Gasteiger partial charge in [-0.1, -0.05) is 30.6 Å². The van der Waals surface area contributed by atoms with Crippen LogP contribution >= 0.6 is 12.2 Å². The molecule has 0 bridgehead atoms. The van der Waals surface area contributed by atoms with Crippen LogP contribution in [0, 0.1) is 0 Å². The molecule has 0 fully saturated rings. The summed E-state index contributed by atoms with van der Waals surface area (Å²) in [5.74, 6) is 2.53. The number of hydrogen-bond acceptors (Lipinski definition) is 6. The Bertz CT molecular complexity index is 1160. The minimum atomic E-state index is -0.241. The van der Waals surface area contributed by atoms with E-state index in [1.54, 1.807) is 14.2 Å². The maximum absolute atomic E-state index is 5.79. The van der Waals surface area contributed by atoms with Gasteiger partial charge in [0.05, 0.1) is 25.8 Å². The zero-order chi connectivity index (χ0) is 23.4. The molecule has 1 aromatic heterocycles. The summed E-state index contributed by atoms with van der Waals surface area (Å²) in [6.45, 7) is 5.04. The second-order valence-corrected chi connectivity index (χ2v) is 8.20. The van der Waals surface area contributed by atoms with Crippen LogP contribution in [0.2, 0.25) is 0 Å². The highest BCUT2D eigenvalue weighted by Crippen LogP contribution is 2.38. The maximum atomic E-state index is 5.79. The van der Waals surface area contributed by atoms with Gasteiger partial charge in [0.2, 0.25) is 5.82 Å². The van der Waals surface area contributed by atoms with Crippen molar-refractivity contribution in [1.29, 1.82) is 0 Å². The lowest BCUT2D eigenvalue weighted by Crippen LogP contribution is -2.46. The maximum Gasteiger partial charge on any atom is 0.258 e. The molecule has 3 aromatic rings. The van der Waals surface area contributed by atoms with Crippen LogP contribution < -0.4 is 14.8 Å². The molecule has 7 nitrogen and oxygen atoms in total. The average molecular weight is 465 g/mol. The summed E-state index contributed by atoms with van der Waals surface area (Å²) in [7, 11) is 3.30. The Morgan fingerprint density at radius 1 is 1.09 bits per heavy atom. The van der Waals surface area contributed by atoms with Gasteiger partial charge in [-0.15, -0.1) is 0 Å². The van der Waals surface area contributed by atoms with Crippen LogP contribution in [0.25, 0.3) is 17.0 Å². The van der Waals surface area contributed by atoms with Gasteiger partial charge in [-0.2, -0.15) is 4.98 Å².